The number of carbonyl (C=O) groups excluding carboxylic acids is 1. The number of ketones is 1. The molecule has 2 N–H and O–H groups in total. The summed E-state index contributed by atoms with van der Waals surface area (Å²) in [7, 11) is 1.54. The monoisotopic (exact) mass is 350 g/mol. The van der Waals surface area contributed by atoms with Crippen molar-refractivity contribution in [3.05, 3.63) is 48.1 Å². The lowest BCUT2D eigenvalue weighted by atomic mass is 10.1. The lowest BCUT2D eigenvalue weighted by Gasteiger charge is -2.09. The number of nitriles is 1. The molecule has 0 unspecified atom stereocenters. The van der Waals surface area contributed by atoms with Crippen molar-refractivity contribution in [3.63, 3.8) is 0 Å². The van der Waals surface area contributed by atoms with E-state index in [0.29, 0.717) is 22.8 Å². The van der Waals surface area contributed by atoms with Crippen molar-refractivity contribution in [1.29, 1.82) is 5.26 Å². The first-order valence-corrected chi connectivity index (χ1v) is 7.52. The zero-order valence-electron chi connectivity index (χ0n) is 14.0. The number of methoxy groups -OCH3 is 1. The number of benzene rings is 1. The fourth-order valence-corrected chi connectivity index (χ4v) is 2.23. The smallest absolute Gasteiger partial charge is 0.216 e. The number of anilines is 1. The maximum absolute atomic E-state index is 11.4. The first-order chi connectivity index (χ1) is 12.6. The molecule has 2 aromatic heterocycles. The Bertz CT molecular complexity index is 998. The normalized spacial score (nSPS) is 11.0. The van der Waals surface area contributed by atoms with E-state index in [1.54, 1.807) is 30.3 Å². The summed E-state index contributed by atoms with van der Waals surface area (Å²) in [5.41, 5.74) is 1.60. The highest BCUT2D eigenvalue weighted by molar-refractivity contribution is 5.92. The lowest BCUT2D eigenvalue weighted by molar-refractivity contribution is 0.0988. The fraction of sp³-hybridized carbons (Fsp3) is 0.118. The second-order valence-corrected chi connectivity index (χ2v) is 5.18. The number of rotatable bonds is 6. The molecule has 0 aliphatic carbocycles. The Morgan fingerprint density at radius 2 is 2.23 bits per heavy atom. The zero-order valence-corrected chi connectivity index (χ0v) is 14.0. The molecule has 0 aliphatic heterocycles. The lowest BCUT2D eigenvalue weighted by Crippen LogP contribution is -1.95. The van der Waals surface area contributed by atoms with Crippen molar-refractivity contribution in [2.24, 2.45) is 0 Å². The zero-order chi connectivity index (χ0) is 18.5. The van der Waals surface area contributed by atoms with Crippen LogP contribution < -0.4 is 10.1 Å². The first-order valence-electron chi connectivity index (χ1n) is 7.52. The number of hydrogen-bond donors (Lipinski definition) is 2. The second-order valence-electron chi connectivity index (χ2n) is 5.18. The van der Waals surface area contributed by atoms with Gasteiger partial charge < -0.3 is 14.5 Å². The summed E-state index contributed by atoms with van der Waals surface area (Å²) >= 11 is 0. The van der Waals surface area contributed by atoms with Crippen LogP contribution in [0.15, 0.2) is 40.9 Å². The van der Waals surface area contributed by atoms with Crippen LogP contribution in [-0.4, -0.2) is 33.5 Å². The van der Waals surface area contributed by atoms with Crippen molar-refractivity contribution in [3.8, 4) is 23.1 Å². The van der Waals surface area contributed by atoms with Gasteiger partial charge in [-0.15, -0.1) is 10.2 Å². The number of furan rings is 1. The van der Waals surface area contributed by atoms with Gasteiger partial charge >= 0.3 is 0 Å². The molecule has 2 heterocycles. The topological polar surface area (TPSA) is 130 Å². The number of ether oxygens (including phenoxy) is 1. The van der Waals surface area contributed by atoms with Crippen LogP contribution in [0.4, 0.5) is 5.69 Å². The van der Waals surface area contributed by atoms with Gasteiger partial charge in [0.05, 0.1) is 12.7 Å². The van der Waals surface area contributed by atoms with Gasteiger partial charge in [0.25, 0.3) is 0 Å². The van der Waals surface area contributed by atoms with Crippen LogP contribution in [0.5, 0.6) is 5.75 Å². The Morgan fingerprint density at radius 3 is 2.85 bits per heavy atom. The summed E-state index contributed by atoms with van der Waals surface area (Å²) in [5.74, 6) is 1.40. The number of tetrazole rings is 1. The maximum Gasteiger partial charge on any atom is 0.216 e. The summed E-state index contributed by atoms with van der Waals surface area (Å²) < 4.78 is 11.0. The second kappa shape index (κ2) is 7.31. The molecule has 0 aliphatic rings. The molecule has 9 heteroatoms. The van der Waals surface area contributed by atoms with E-state index in [4.69, 9.17) is 9.15 Å². The van der Waals surface area contributed by atoms with Crippen LogP contribution in [-0.2, 0) is 0 Å². The Hall–Kier alpha value is -3.93. The molecule has 0 saturated carbocycles. The van der Waals surface area contributed by atoms with Gasteiger partial charge in [0, 0.05) is 24.9 Å². The van der Waals surface area contributed by atoms with Crippen LogP contribution in [0.3, 0.4) is 0 Å². The molecule has 0 amide bonds. The highest BCUT2D eigenvalue weighted by Gasteiger charge is 2.13. The summed E-state index contributed by atoms with van der Waals surface area (Å²) in [4.78, 5) is 11.4. The average molecular weight is 350 g/mol. The Kier molecular flexibility index (Phi) is 4.76. The van der Waals surface area contributed by atoms with Crippen molar-refractivity contribution >= 4 is 17.0 Å². The number of nitrogens with zero attached hydrogens (tertiary/aromatic N) is 4. The average Bonchev–Trinajstić information content (AvgIpc) is 3.34. The van der Waals surface area contributed by atoms with Crippen molar-refractivity contribution in [2.75, 3.05) is 12.4 Å². The van der Waals surface area contributed by atoms with E-state index in [9.17, 15) is 10.1 Å². The standard InChI is InChI=1S/C17H14N6O3/c1-10(24)14-5-6-15(26-14)13-4-3-12(7-16(13)25-2)19-9-11(8-18)17-20-22-23-21-17/h3-7,9,19H,1-2H3,(H,20,21,22,23). The predicted octanol–water partition coefficient (Wildman–Crippen LogP) is 2.65. The minimum absolute atomic E-state index is 0.149. The third-order valence-corrected chi connectivity index (χ3v) is 3.51. The molecule has 1 aromatic carbocycles. The Balaban J connectivity index is 1.87. The maximum atomic E-state index is 11.4. The summed E-state index contributed by atoms with van der Waals surface area (Å²) in [5, 5.41) is 25.4. The molecule has 3 aromatic rings. The summed E-state index contributed by atoms with van der Waals surface area (Å²) in [6.07, 6.45) is 1.47. The number of Topliss-reactive ketones (excluding diaryl/α,β-unsaturated/α-hetero) is 1. The molecule has 9 nitrogen and oxygen atoms in total. The minimum atomic E-state index is -0.149. The number of aromatic amines is 1. The van der Waals surface area contributed by atoms with E-state index in [2.05, 4.69) is 25.9 Å². The number of hydrogen-bond acceptors (Lipinski definition) is 8. The number of allylic oxidation sites excluding steroid dienone is 1. The van der Waals surface area contributed by atoms with E-state index in [1.807, 2.05) is 6.07 Å². The Labute approximate surface area is 148 Å². The van der Waals surface area contributed by atoms with Crippen molar-refractivity contribution in [2.45, 2.75) is 6.92 Å². The fourth-order valence-electron chi connectivity index (χ4n) is 2.23. The van der Waals surface area contributed by atoms with Gasteiger partial charge in [-0.25, -0.2) is 0 Å². The number of carbonyl (C=O) groups is 1. The molecule has 26 heavy (non-hydrogen) atoms. The number of nitrogens with one attached hydrogen (secondary N) is 2. The van der Waals surface area contributed by atoms with Crippen LogP contribution in [0.2, 0.25) is 0 Å². The van der Waals surface area contributed by atoms with E-state index >= 15 is 0 Å². The molecular weight excluding hydrogens is 336 g/mol. The molecule has 0 saturated heterocycles. The van der Waals surface area contributed by atoms with Crippen LogP contribution in [0.25, 0.3) is 16.9 Å². The molecule has 3 rings (SSSR count). The van der Waals surface area contributed by atoms with Crippen molar-refractivity contribution < 1.29 is 13.9 Å². The molecular formula is C17H14N6O3. The van der Waals surface area contributed by atoms with Gasteiger partial charge in [0.15, 0.2) is 11.5 Å². The van der Waals surface area contributed by atoms with Gasteiger partial charge in [-0.3, -0.25) is 4.79 Å². The van der Waals surface area contributed by atoms with E-state index in [-0.39, 0.29) is 22.9 Å². The Morgan fingerprint density at radius 1 is 1.38 bits per heavy atom. The third kappa shape index (κ3) is 3.44. The van der Waals surface area contributed by atoms with Crippen LogP contribution in [0.1, 0.15) is 23.3 Å². The van der Waals surface area contributed by atoms with Gasteiger partial charge in [-0.05, 0) is 29.5 Å². The SMILES string of the molecule is COc1cc(NC=C(C#N)c2nn[nH]n2)ccc1-c1ccc(C(C)=O)o1. The summed E-state index contributed by atoms with van der Waals surface area (Å²) in [6, 6.07) is 10.6. The molecule has 0 radical (unpaired) electrons. The molecule has 0 bridgehead atoms. The molecule has 0 fully saturated rings. The number of H-pyrrole nitrogens is 1. The quantitative estimate of drug-likeness (QED) is 0.512. The first kappa shape index (κ1) is 16.9. The molecule has 130 valence electrons. The van der Waals surface area contributed by atoms with E-state index in [1.165, 1.54) is 20.2 Å². The van der Waals surface area contributed by atoms with Gasteiger partial charge in [0.2, 0.25) is 5.82 Å². The third-order valence-electron chi connectivity index (χ3n) is 3.51. The van der Waals surface area contributed by atoms with Gasteiger partial charge in [0.1, 0.15) is 23.2 Å². The van der Waals surface area contributed by atoms with Gasteiger partial charge in [-0.2, -0.15) is 10.5 Å². The minimum Gasteiger partial charge on any atom is -0.496 e. The van der Waals surface area contributed by atoms with E-state index in [0.717, 1.165) is 0 Å². The highest BCUT2D eigenvalue weighted by Crippen LogP contribution is 2.33. The largest absolute Gasteiger partial charge is 0.496 e. The van der Waals surface area contributed by atoms with E-state index < -0.39 is 0 Å². The summed E-state index contributed by atoms with van der Waals surface area (Å²) in [6.45, 7) is 1.44. The highest BCUT2D eigenvalue weighted by atomic mass is 16.5. The molecule has 0 atom stereocenters. The predicted molar refractivity (Wildman–Crippen MR) is 92.1 cm³/mol. The van der Waals surface area contributed by atoms with Crippen LogP contribution in [0, 0.1) is 11.3 Å². The van der Waals surface area contributed by atoms with Crippen molar-refractivity contribution in [1.82, 2.24) is 20.6 Å². The van der Waals surface area contributed by atoms with Crippen LogP contribution >= 0.6 is 0 Å². The molecule has 0 spiro atoms. The number of aromatic nitrogens is 4. The van der Waals surface area contributed by atoms with Gasteiger partial charge in [-0.1, -0.05) is 0 Å².